The van der Waals surface area contributed by atoms with E-state index in [0.29, 0.717) is 24.3 Å². The number of piperidine rings is 1. The molecule has 0 aromatic heterocycles. The van der Waals surface area contributed by atoms with Crippen LogP contribution < -0.4 is 10.6 Å². The van der Waals surface area contributed by atoms with E-state index < -0.39 is 4.92 Å². The van der Waals surface area contributed by atoms with Gasteiger partial charge in [0.05, 0.1) is 22.7 Å². The number of amides is 2. The molecule has 2 amide bonds. The summed E-state index contributed by atoms with van der Waals surface area (Å²) in [6.45, 7) is 6.08. The molecule has 1 heterocycles. The molecule has 0 spiro atoms. The van der Waals surface area contributed by atoms with Crippen LogP contribution >= 0.6 is 0 Å². The van der Waals surface area contributed by atoms with Gasteiger partial charge in [-0.3, -0.25) is 24.6 Å². The van der Waals surface area contributed by atoms with Crippen LogP contribution in [0.4, 0.5) is 11.4 Å². The number of nitro groups is 1. The van der Waals surface area contributed by atoms with E-state index in [1.165, 1.54) is 6.07 Å². The van der Waals surface area contributed by atoms with Crippen molar-refractivity contribution < 1.29 is 14.5 Å². The standard InChI is InChI=1S/C20H30N4O4/c1-3-4-5-11-21-20(26)16-9-12-23(13-10-16)14-19(25)22-17-7-6-8-18(15(17)2)24(27)28/h6-8,16H,3-5,9-14H2,1-2H3,(H,21,26)(H,22,25). The van der Waals surface area contributed by atoms with Crippen molar-refractivity contribution in [1.29, 1.82) is 0 Å². The van der Waals surface area contributed by atoms with Crippen LogP contribution in [0.15, 0.2) is 18.2 Å². The molecule has 28 heavy (non-hydrogen) atoms. The summed E-state index contributed by atoms with van der Waals surface area (Å²) in [6, 6.07) is 4.64. The molecule has 1 aliphatic heterocycles. The summed E-state index contributed by atoms with van der Waals surface area (Å²) in [4.78, 5) is 37.1. The minimum atomic E-state index is -0.455. The fourth-order valence-corrected chi connectivity index (χ4v) is 3.43. The molecule has 0 unspecified atom stereocenters. The lowest BCUT2D eigenvalue weighted by molar-refractivity contribution is -0.385. The number of anilines is 1. The van der Waals surface area contributed by atoms with Crippen molar-refractivity contribution >= 4 is 23.2 Å². The summed E-state index contributed by atoms with van der Waals surface area (Å²) in [5.74, 6) is -0.0709. The number of nitrogens with one attached hydrogen (secondary N) is 2. The number of carbonyl (C=O) groups is 2. The third-order valence-electron chi connectivity index (χ3n) is 5.18. The molecule has 2 N–H and O–H groups in total. The van der Waals surface area contributed by atoms with E-state index >= 15 is 0 Å². The molecule has 8 nitrogen and oxygen atoms in total. The Hall–Kier alpha value is -2.48. The maximum atomic E-state index is 12.3. The number of nitrogens with zero attached hydrogens (tertiary/aromatic N) is 2. The Balaban J connectivity index is 1.77. The molecule has 1 aliphatic rings. The van der Waals surface area contributed by atoms with Gasteiger partial charge in [0, 0.05) is 18.5 Å². The lowest BCUT2D eigenvalue weighted by Gasteiger charge is -2.30. The second-order valence-electron chi connectivity index (χ2n) is 7.30. The number of unbranched alkanes of at least 4 members (excludes halogenated alkanes) is 2. The second kappa shape index (κ2) is 10.8. The molecule has 0 aliphatic carbocycles. The van der Waals surface area contributed by atoms with Crippen molar-refractivity contribution in [2.24, 2.45) is 5.92 Å². The number of likely N-dealkylation sites (tertiary alicyclic amines) is 1. The smallest absolute Gasteiger partial charge is 0.274 e. The maximum absolute atomic E-state index is 12.3. The number of carbonyl (C=O) groups excluding carboxylic acids is 2. The first kappa shape index (κ1) is 21.8. The van der Waals surface area contributed by atoms with Gasteiger partial charge in [-0.25, -0.2) is 0 Å². The molecule has 1 saturated heterocycles. The van der Waals surface area contributed by atoms with Gasteiger partial charge in [0.2, 0.25) is 11.8 Å². The van der Waals surface area contributed by atoms with Crippen LogP contribution in [0, 0.1) is 23.0 Å². The quantitative estimate of drug-likeness (QED) is 0.383. The van der Waals surface area contributed by atoms with Gasteiger partial charge in [-0.15, -0.1) is 0 Å². The highest BCUT2D eigenvalue weighted by molar-refractivity contribution is 5.93. The molecule has 0 saturated carbocycles. The van der Waals surface area contributed by atoms with Crippen molar-refractivity contribution in [3.8, 4) is 0 Å². The average Bonchev–Trinajstić information content (AvgIpc) is 2.67. The third kappa shape index (κ3) is 6.30. The minimum absolute atomic E-state index is 0.0106. The summed E-state index contributed by atoms with van der Waals surface area (Å²) < 4.78 is 0. The first-order valence-electron chi connectivity index (χ1n) is 9.96. The number of benzene rings is 1. The Bertz CT molecular complexity index is 699. The van der Waals surface area contributed by atoms with E-state index in [1.54, 1.807) is 19.1 Å². The Kier molecular flexibility index (Phi) is 8.38. The van der Waals surface area contributed by atoms with Crippen LogP contribution in [0.5, 0.6) is 0 Å². The average molecular weight is 390 g/mol. The van der Waals surface area contributed by atoms with Gasteiger partial charge < -0.3 is 10.6 Å². The fraction of sp³-hybridized carbons (Fsp3) is 0.600. The van der Waals surface area contributed by atoms with Crippen LogP contribution in [0.25, 0.3) is 0 Å². The number of hydrogen-bond donors (Lipinski definition) is 2. The Labute approximate surface area is 165 Å². The van der Waals surface area contributed by atoms with Crippen LogP contribution in [-0.2, 0) is 9.59 Å². The molecular weight excluding hydrogens is 360 g/mol. The summed E-state index contributed by atoms with van der Waals surface area (Å²) in [5.41, 5.74) is 0.892. The van der Waals surface area contributed by atoms with Crippen molar-refractivity contribution in [3.05, 3.63) is 33.9 Å². The molecule has 1 aromatic rings. The van der Waals surface area contributed by atoms with E-state index in [2.05, 4.69) is 17.6 Å². The minimum Gasteiger partial charge on any atom is -0.356 e. The molecule has 8 heteroatoms. The highest BCUT2D eigenvalue weighted by Crippen LogP contribution is 2.25. The van der Waals surface area contributed by atoms with Gasteiger partial charge in [0.25, 0.3) is 5.69 Å². The Morgan fingerprint density at radius 3 is 2.61 bits per heavy atom. The first-order valence-corrected chi connectivity index (χ1v) is 9.96. The molecule has 1 aromatic carbocycles. The lowest BCUT2D eigenvalue weighted by Crippen LogP contribution is -2.43. The van der Waals surface area contributed by atoms with Gasteiger partial charge in [0.1, 0.15) is 0 Å². The van der Waals surface area contributed by atoms with E-state index in [1.807, 2.05) is 4.90 Å². The number of rotatable bonds is 9. The predicted octanol–water partition coefficient (Wildman–Crippen LogP) is 2.86. The van der Waals surface area contributed by atoms with E-state index in [4.69, 9.17) is 0 Å². The Morgan fingerprint density at radius 2 is 1.96 bits per heavy atom. The van der Waals surface area contributed by atoms with Crippen molar-refractivity contribution in [2.75, 3.05) is 31.5 Å². The zero-order valence-corrected chi connectivity index (χ0v) is 16.7. The maximum Gasteiger partial charge on any atom is 0.274 e. The van der Waals surface area contributed by atoms with Gasteiger partial charge >= 0.3 is 0 Å². The monoisotopic (exact) mass is 390 g/mol. The fourth-order valence-electron chi connectivity index (χ4n) is 3.43. The topological polar surface area (TPSA) is 105 Å². The van der Waals surface area contributed by atoms with Gasteiger partial charge in [0.15, 0.2) is 0 Å². The highest BCUT2D eigenvalue weighted by atomic mass is 16.6. The second-order valence-corrected chi connectivity index (χ2v) is 7.30. The summed E-state index contributed by atoms with van der Waals surface area (Å²) >= 11 is 0. The molecular formula is C20H30N4O4. The predicted molar refractivity (Wildman–Crippen MR) is 108 cm³/mol. The largest absolute Gasteiger partial charge is 0.356 e. The van der Waals surface area contributed by atoms with Crippen LogP contribution in [0.2, 0.25) is 0 Å². The van der Waals surface area contributed by atoms with E-state index in [0.717, 1.165) is 38.6 Å². The summed E-state index contributed by atoms with van der Waals surface area (Å²) in [5, 5.41) is 16.8. The molecule has 154 valence electrons. The molecule has 0 bridgehead atoms. The van der Waals surface area contributed by atoms with Crippen LogP contribution in [0.1, 0.15) is 44.6 Å². The zero-order valence-electron chi connectivity index (χ0n) is 16.7. The highest BCUT2D eigenvalue weighted by Gasteiger charge is 2.26. The van der Waals surface area contributed by atoms with E-state index in [-0.39, 0.29) is 30.0 Å². The normalized spacial score (nSPS) is 15.2. The van der Waals surface area contributed by atoms with Crippen molar-refractivity contribution in [1.82, 2.24) is 10.2 Å². The third-order valence-corrected chi connectivity index (χ3v) is 5.18. The molecule has 0 atom stereocenters. The lowest BCUT2D eigenvalue weighted by atomic mass is 9.96. The summed E-state index contributed by atoms with van der Waals surface area (Å²) in [7, 11) is 0. The Morgan fingerprint density at radius 1 is 1.25 bits per heavy atom. The van der Waals surface area contributed by atoms with Gasteiger partial charge in [-0.1, -0.05) is 25.8 Å². The molecule has 0 radical (unpaired) electrons. The van der Waals surface area contributed by atoms with E-state index in [9.17, 15) is 19.7 Å². The van der Waals surface area contributed by atoms with Gasteiger partial charge in [-0.2, -0.15) is 0 Å². The number of nitro benzene ring substituents is 1. The van der Waals surface area contributed by atoms with Crippen molar-refractivity contribution in [2.45, 2.75) is 46.0 Å². The van der Waals surface area contributed by atoms with Crippen LogP contribution in [0.3, 0.4) is 0 Å². The zero-order chi connectivity index (χ0) is 20.5. The molecule has 1 fully saturated rings. The van der Waals surface area contributed by atoms with Gasteiger partial charge in [-0.05, 0) is 45.3 Å². The first-order chi connectivity index (χ1) is 13.4. The number of hydrogen-bond acceptors (Lipinski definition) is 5. The molecule has 2 rings (SSSR count). The summed E-state index contributed by atoms with van der Waals surface area (Å²) in [6.07, 6.45) is 4.74. The van der Waals surface area contributed by atoms with Crippen LogP contribution in [-0.4, -0.2) is 47.8 Å². The van der Waals surface area contributed by atoms with Crippen molar-refractivity contribution in [3.63, 3.8) is 0 Å². The SMILES string of the molecule is CCCCCNC(=O)C1CCN(CC(=O)Nc2cccc([N+](=O)[O-])c2C)CC1.